The fourth-order valence-electron chi connectivity index (χ4n) is 2.48. The van der Waals surface area contributed by atoms with Crippen molar-refractivity contribution in [1.82, 2.24) is 5.32 Å². The van der Waals surface area contributed by atoms with E-state index in [9.17, 15) is 14.0 Å². The van der Waals surface area contributed by atoms with Crippen LogP contribution in [0.15, 0.2) is 29.8 Å². The van der Waals surface area contributed by atoms with E-state index in [0.29, 0.717) is 12.2 Å². The van der Waals surface area contributed by atoms with Crippen molar-refractivity contribution in [1.29, 1.82) is 0 Å². The van der Waals surface area contributed by atoms with Gasteiger partial charge in [-0.05, 0) is 50.3 Å². The highest BCUT2D eigenvalue weighted by Gasteiger charge is 2.11. The maximum Gasteiger partial charge on any atom is 0.233 e. The third kappa shape index (κ3) is 6.02. The van der Waals surface area contributed by atoms with Crippen molar-refractivity contribution in [3.63, 3.8) is 0 Å². The number of hydrogen-bond acceptors (Lipinski definition) is 2. The van der Waals surface area contributed by atoms with Gasteiger partial charge in [-0.15, -0.1) is 0 Å². The molecule has 23 heavy (non-hydrogen) atoms. The molecule has 2 N–H and O–H groups in total. The first kappa shape index (κ1) is 17.5. The number of rotatable bonds is 6. The van der Waals surface area contributed by atoms with Gasteiger partial charge in [0.25, 0.3) is 0 Å². The normalized spacial score (nSPS) is 14.1. The Hall–Kier alpha value is -1.88. The number of carbonyl (C=O) groups is 2. The average molecular weight is 339 g/mol. The number of anilines is 1. The molecule has 4 nitrogen and oxygen atoms in total. The van der Waals surface area contributed by atoms with Crippen molar-refractivity contribution in [2.45, 2.75) is 38.5 Å². The number of amides is 2. The van der Waals surface area contributed by atoms with E-state index in [2.05, 4.69) is 16.7 Å². The first-order valence-corrected chi connectivity index (χ1v) is 8.12. The van der Waals surface area contributed by atoms with Crippen LogP contribution >= 0.6 is 11.6 Å². The number of nitrogens with one attached hydrogen (secondary N) is 2. The van der Waals surface area contributed by atoms with Gasteiger partial charge in [0, 0.05) is 12.2 Å². The van der Waals surface area contributed by atoms with Crippen LogP contribution in [0.25, 0.3) is 0 Å². The highest BCUT2D eigenvalue weighted by molar-refractivity contribution is 6.31. The zero-order chi connectivity index (χ0) is 16.7. The van der Waals surface area contributed by atoms with E-state index in [1.165, 1.54) is 30.5 Å². The Balaban J connectivity index is 1.70. The molecule has 6 heteroatoms. The standard InChI is InChI=1S/C17H20ClFN2O2/c18-14-10-13(6-7-15(14)19)21-17(23)11-16(22)20-9-8-12-4-2-1-3-5-12/h4,6-7,10H,1-3,5,8-9,11H2,(H,20,22)(H,21,23). The minimum atomic E-state index is -0.556. The Morgan fingerprint density at radius 3 is 2.74 bits per heavy atom. The molecule has 1 aromatic rings. The Morgan fingerprint density at radius 2 is 2.04 bits per heavy atom. The second kappa shape index (κ2) is 8.67. The third-order valence-electron chi connectivity index (χ3n) is 3.68. The smallest absolute Gasteiger partial charge is 0.233 e. The van der Waals surface area contributed by atoms with Gasteiger partial charge >= 0.3 is 0 Å². The monoisotopic (exact) mass is 338 g/mol. The third-order valence-corrected chi connectivity index (χ3v) is 3.97. The van der Waals surface area contributed by atoms with Crippen LogP contribution < -0.4 is 10.6 Å². The van der Waals surface area contributed by atoms with E-state index >= 15 is 0 Å². The Morgan fingerprint density at radius 1 is 1.22 bits per heavy atom. The van der Waals surface area contributed by atoms with Crippen LogP contribution in [0.1, 0.15) is 38.5 Å². The molecule has 2 amide bonds. The summed E-state index contributed by atoms with van der Waals surface area (Å²) in [6.45, 7) is 0.542. The number of hydrogen-bond donors (Lipinski definition) is 2. The van der Waals surface area contributed by atoms with Gasteiger partial charge < -0.3 is 10.6 Å². The molecular weight excluding hydrogens is 319 g/mol. The second-order valence-electron chi connectivity index (χ2n) is 5.56. The highest BCUT2D eigenvalue weighted by atomic mass is 35.5. The summed E-state index contributed by atoms with van der Waals surface area (Å²) < 4.78 is 13.0. The summed E-state index contributed by atoms with van der Waals surface area (Å²) in [5.74, 6) is -1.34. The first-order valence-electron chi connectivity index (χ1n) is 7.74. The lowest BCUT2D eigenvalue weighted by Crippen LogP contribution is -2.29. The summed E-state index contributed by atoms with van der Waals surface area (Å²) in [4.78, 5) is 23.5. The van der Waals surface area contributed by atoms with Crippen LogP contribution in [-0.2, 0) is 9.59 Å². The largest absolute Gasteiger partial charge is 0.355 e. The molecule has 0 saturated carbocycles. The Bertz CT molecular complexity index is 617. The van der Waals surface area contributed by atoms with Gasteiger partial charge in [-0.25, -0.2) is 4.39 Å². The van der Waals surface area contributed by atoms with Crippen molar-refractivity contribution in [3.8, 4) is 0 Å². The molecule has 0 fully saturated rings. The molecular formula is C17H20ClFN2O2. The van der Waals surface area contributed by atoms with Crippen molar-refractivity contribution in [2.24, 2.45) is 0 Å². The summed E-state index contributed by atoms with van der Waals surface area (Å²) in [7, 11) is 0. The van der Waals surface area contributed by atoms with Gasteiger partial charge in [-0.1, -0.05) is 23.3 Å². The van der Waals surface area contributed by atoms with Gasteiger partial charge in [-0.2, -0.15) is 0 Å². The van der Waals surface area contributed by atoms with E-state index in [1.54, 1.807) is 0 Å². The van der Waals surface area contributed by atoms with Crippen molar-refractivity contribution in [2.75, 3.05) is 11.9 Å². The number of halogens is 2. The molecule has 0 aliphatic heterocycles. The summed E-state index contributed by atoms with van der Waals surface area (Å²) in [5, 5.41) is 5.18. The van der Waals surface area contributed by atoms with E-state index in [0.717, 1.165) is 25.3 Å². The topological polar surface area (TPSA) is 58.2 Å². The van der Waals surface area contributed by atoms with Crippen LogP contribution in [0.4, 0.5) is 10.1 Å². The van der Waals surface area contributed by atoms with E-state index < -0.39 is 11.7 Å². The lowest BCUT2D eigenvalue weighted by Gasteiger charge is -2.13. The molecule has 2 rings (SSSR count). The molecule has 124 valence electrons. The lowest BCUT2D eigenvalue weighted by atomic mass is 9.97. The van der Waals surface area contributed by atoms with Gasteiger partial charge in [0.2, 0.25) is 11.8 Å². The van der Waals surface area contributed by atoms with Crippen molar-refractivity contribution < 1.29 is 14.0 Å². The number of allylic oxidation sites excluding steroid dienone is 1. The molecule has 0 aromatic heterocycles. The van der Waals surface area contributed by atoms with E-state index in [-0.39, 0.29) is 17.4 Å². The maximum absolute atomic E-state index is 13.0. The molecule has 0 atom stereocenters. The van der Waals surface area contributed by atoms with E-state index in [4.69, 9.17) is 11.6 Å². The maximum atomic E-state index is 13.0. The van der Waals surface area contributed by atoms with Crippen molar-refractivity contribution in [3.05, 3.63) is 40.7 Å². The predicted molar refractivity (Wildman–Crippen MR) is 88.8 cm³/mol. The van der Waals surface area contributed by atoms with Crippen molar-refractivity contribution >= 4 is 29.1 Å². The summed E-state index contributed by atoms with van der Waals surface area (Å²) in [6.07, 6.45) is 7.47. The predicted octanol–water partition coefficient (Wildman–Crippen LogP) is 3.81. The highest BCUT2D eigenvalue weighted by Crippen LogP contribution is 2.20. The average Bonchev–Trinajstić information content (AvgIpc) is 2.52. The fourth-order valence-corrected chi connectivity index (χ4v) is 2.66. The number of benzene rings is 1. The second-order valence-corrected chi connectivity index (χ2v) is 5.97. The summed E-state index contributed by atoms with van der Waals surface area (Å²) >= 11 is 5.63. The molecule has 1 aliphatic carbocycles. The summed E-state index contributed by atoms with van der Waals surface area (Å²) in [6, 6.07) is 3.87. The SMILES string of the molecule is O=C(CC(=O)Nc1ccc(F)c(Cl)c1)NCCC1=CCCCC1. The minimum absolute atomic E-state index is 0.0759. The Kier molecular flexibility index (Phi) is 6.59. The van der Waals surface area contributed by atoms with Gasteiger partial charge in [-0.3, -0.25) is 9.59 Å². The number of carbonyl (C=O) groups excluding carboxylic acids is 2. The molecule has 0 heterocycles. The first-order chi connectivity index (χ1) is 11.0. The molecule has 0 unspecified atom stereocenters. The zero-order valence-electron chi connectivity index (χ0n) is 12.8. The van der Waals surface area contributed by atoms with Gasteiger partial charge in [0.15, 0.2) is 0 Å². The molecule has 0 saturated heterocycles. The minimum Gasteiger partial charge on any atom is -0.355 e. The molecule has 1 aliphatic rings. The van der Waals surface area contributed by atoms with Crippen LogP contribution in [0.2, 0.25) is 5.02 Å². The van der Waals surface area contributed by atoms with Gasteiger partial charge in [0.1, 0.15) is 12.2 Å². The van der Waals surface area contributed by atoms with Crippen LogP contribution in [-0.4, -0.2) is 18.4 Å². The quantitative estimate of drug-likeness (QED) is 0.612. The molecule has 0 radical (unpaired) electrons. The fraction of sp³-hybridized carbons (Fsp3) is 0.412. The van der Waals surface area contributed by atoms with Crippen LogP contribution in [0.5, 0.6) is 0 Å². The molecule has 0 spiro atoms. The van der Waals surface area contributed by atoms with Crippen LogP contribution in [0, 0.1) is 5.82 Å². The van der Waals surface area contributed by atoms with E-state index in [1.807, 2.05) is 0 Å². The summed E-state index contributed by atoms with van der Waals surface area (Å²) in [5.41, 5.74) is 1.74. The lowest BCUT2D eigenvalue weighted by molar-refractivity contribution is -0.126. The Labute approximate surface area is 140 Å². The zero-order valence-corrected chi connectivity index (χ0v) is 13.6. The van der Waals surface area contributed by atoms with Crippen LogP contribution in [0.3, 0.4) is 0 Å². The molecule has 1 aromatic carbocycles. The van der Waals surface area contributed by atoms with Gasteiger partial charge in [0.05, 0.1) is 5.02 Å². The molecule has 0 bridgehead atoms.